The number of amides is 3. The standard InChI is InChI=1S/C19H17ClN4O2S/c20-16-4-2-1-3-15(16)18-23-14(11-27-18)9-17(25)22-10-12-5-7-13(8-6-12)24-19(21)26/h1-8,11H,9-10H2,(H,22,25)(H3,21,24,26). The van der Waals surface area contributed by atoms with Gasteiger partial charge in [-0.15, -0.1) is 11.3 Å². The van der Waals surface area contributed by atoms with Crippen LogP contribution in [0, 0.1) is 0 Å². The lowest BCUT2D eigenvalue weighted by atomic mass is 10.2. The van der Waals surface area contributed by atoms with Crippen LogP contribution in [0.15, 0.2) is 53.9 Å². The Kier molecular flexibility index (Phi) is 6.05. The van der Waals surface area contributed by atoms with E-state index in [1.807, 2.05) is 41.8 Å². The molecule has 0 spiro atoms. The van der Waals surface area contributed by atoms with Crippen molar-refractivity contribution in [3.05, 3.63) is 70.2 Å². The van der Waals surface area contributed by atoms with Gasteiger partial charge < -0.3 is 16.4 Å². The fraction of sp³-hybridized carbons (Fsp3) is 0.105. The van der Waals surface area contributed by atoms with E-state index in [1.54, 1.807) is 12.1 Å². The van der Waals surface area contributed by atoms with Crippen LogP contribution in [-0.2, 0) is 17.8 Å². The minimum absolute atomic E-state index is 0.120. The summed E-state index contributed by atoms with van der Waals surface area (Å²) < 4.78 is 0. The van der Waals surface area contributed by atoms with E-state index in [1.165, 1.54) is 11.3 Å². The topological polar surface area (TPSA) is 97.1 Å². The number of rotatable bonds is 6. The van der Waals surface area contributed by atoms with Gasteiger partial charge in [-0.3, -0.25) is 4.79 Å². The second-order valence-corrected chi connectivity index (χ2v) is 7.03. The smallest absolute Gasteiger partial charge is 0.316 e. The Bertz CT molecular complexity index is 956. The van der Waals surface area contributed by atoms with E-state index in [4.69, 9.17) is 17.3 Å². The number of nitrogens with zero attached hydrogens (tertiary/aromatic N) is 1. The van der Waals surface area contributed by atoms with Gasteiger partial charge in [0.05, 0.1) is 17.1 Å². The van der Waals surface area contributed by atoms with Crippen LogP contribution in [0.2, 0.25) is 5.02 Å². The number of carbonyl (C=O) groups is 2. The van der Waals surface area contributed by atoms with Gasteiger partial charge in [0, 0.05) is 23.2 Å². The Balaban J connectivity index is 1.54. The highest BCUT2D eigenvalue weighted by Gasteiger charge is 2.11. The van der Waals surface area contributed by atoms with Crippen LogP contribution in [0.25, 0.3) is 10.6 Å². The van der Waals surface area contributed by atoms with Crippen LogP contribution >= 0.6 is 22.9 Å². The number of thiazole rings is 1. The maximum absolute atomic E-state index is 12.2. The number of nitrogens with two attached hydrogens (primary N) is 1. The Hall–Kier alpha value is -2.90. The Morgan fingerprint density at radius 1 is 1.11 bits per heavy atom. The van der Waals surface area contributed by atoms with Gasteiger partial charge in [0.25, 0.3) is 0 Å². The first-order chi connectivity index (χ1) is 13.0. The van der Waals surface area contributed by atoms with Crippen LogP contribution < -0.4 is 16.4 Å². The third-order valence-corrected chi connectivity index (χ3v) is 4.96. The summed E-state index contributed by atoms with van der Waals surface area (Å²) in [6.45, 7) is 0.386. The molecule has 4 N–H and O–H groups in total. The molecule has 6 nitrogen and oxygen atoms in total. The van der Waals surface area contributed by atoms with Crippen LogP contribution in [0.1, 0.15) is 11.3 Å². The molecule has 1 aromatic heterocycles. The summed E-state index contributed by atoms with van der Waals surface area (Å²) in [4.78, 5) is 27.5. The molecule has 0 atom stereocenters. The number of nitrogens with one attached hydrogen (secondary N) is 2. The highest BCUT2D eigenvalue weighted by molar-refractivity contribution is 7.13. The van der Waals surface area contributed by atoms with E-state index in [-0.39, 0.29) is 12.3 Å². The molecule has 3 aromatic rings. The number of anilines is 1. The van der Waals surface area contributed by atoms with Gasteiger partial charge in [-0.05, 0) is 23.8 Å². The molecule has 1 heterocycles. The van der Waals surface area contributed by atoms with Crippen LogP contribution in [0.5, 0.6) is 0 Å². The fourth-order valence-corrected chi connectivity index (χ4v) is 3.56. The van der Waals surface area contributed by atoms with Gasteiger partial charge in [-0.25, -0.2) is 9.78 Å². The average molecular weight is 401 g/mol. The van der Waals surface area contributed by atoms with Crippen LogP contribution in [-0.4, -0.2) is 16.9 Å². The van der Waals surface area contributed by atoms with Crippen molar-refractivity contribution in [2.75, 3.05) is 5.32 Å². The van der Waals surface area contributed by atoms with Gasteiger partial charge >= 0.3 is 6.03 Å². The SMILES string of the molecule is NC(=O)Nc1ccc(CNC(=O)Cc2csc(-c3ccccc3Cl)n2)cc1. The number of hydrogen-bond acceptors (Lipinski definition) is 4. The molecule has 0 bridgehead atoms. The minimum atomic E-state index is -0.615. The van der Waals surface area contributed by atoms with Gasteiger partial charge in [-0.2, -0.15) is 0 Å². The summed E-state index contributed by atoms with van der Waals surface area (Å²) >= 11 is 7.65. The lowest BCUT2D eigenvalue weighted by Crippen LogP contribution is -2.24. The molecule has 0 aliphatic rings. The van der Waals surface area contributed by atoms with E-state index in [0.717, 1.165) is 16.1 Å². The number of primary amides is 1. The molecule has 0 aliphatic heterocycles. The van der Waals surface area contributed by atoms with Crippen molar-refractivity contribution in [1.82, 2.24) is 10.3 Å². The Morgan fingerprint density at radius 3 is 2.56 bits per heavy atom. The largest absolute Gasteiger partial charge is 0.352 e. The minimum Gasteiger partial charge on any atom is -0.352 e. The van der Waals surface area contributed by atoms with Crippen molar-refractivity contribution in [2.24, 2.45) is 5.73 Å². The molecule has 0 fully saturated rings. The molecule has 0 unspecified atom stereocenters. The molecular formula is C19H17ClN4O2S. The molecule has 0 saturated carbocycles. The maximum atomic E-state index is 12.2. The Labute approximate surface area is 165 Å². The molecule has 0 saturated heterocycles. The highest BCUT2D eigenvalue weighted by atomic mass is 35.5. The predicted octanol–water partition coefficient (Wildman–Crippen LogP) is 3.81. The summed E-state index contributed by atoms with van der Waals surface area (Å²) in [6.07, 6.45) is 0.197. The van der Waals surface area contributed by atoms with Crippen LogP contribution in [0.4, 0.5) is 10.5 Å². The zero-order valence-electron chi connectivity index (χ0n) is 14.2. The quantitative estimate of drug-likeness (QED) is 0.586. The third-order valence-electron chi connectivity index (χ3n) is 3.71. The lowest BCUT2D eigenvalue weighted by Gasteiger charge is -2.06. The zero-order chi connectivity index (χ0) is 19.2. The number of aromatic nitrogens is 1. The van der Waals surface area contributed by atoms with Gasteiger partial charge in [0.15, 0.2) is 0 Å². The van der Waals surface area contributed by atoms with Gasteiger partial charge in [0.2, 0.25) is 5.91 Å². The maximum Gasteiger partial charge on any atom is 0.316 e. The molecule has 27 heavy (non-hydrogen) atoms. The molecular weight excluding hydrogens is 384 g/mol. The number of benzene rings is 2. The Morgan fingerprint density at radius 2 is 1.85 bits per heavy atom. The zero-order valence-corrected chi connectivity index (χ0v) is 15.8. The molecule has 0 radical (unpaired) electrons. The first kappa shape index (κ1) is 18.9. The summed E-state index contributed by atoms with van der Waals surface area (Å²) in [7, 11) is 0. The molecule has 3 amide bonds. The molecule has 138 valence electrons. The van der Waals surface area contributed by atoms with Crippen LogP contribution in [0.3, 0.4) is 0 Å². The summed E-state index contributed by atoms with van der Waals surface area (Å²) in [5.41, 5.74) is 8.14. The first-order valence-corrected chi connectivity index (χ1v) is 9.38. The second kappa shape index (κ2) is 8.66. The normalized spacial score (nSPS) is 10.4. The van der Waals surface area contributed by atoms with Crippen molar-refractivity contribution in [3.8, 4) is 10.6 Å². The predicted molar refractivity (Wildman–Crippen MR) is 108 cm³/mol. The van der Waals surface area contributed by atoms with Crippen molar-refractivity contribution >= 4 is 40.6 Å². The van der Waals surface area contributed by atoms with E-state index < -0.39 is 6.03 Å². The molecule has 8 heteroatoms. The average Bonchev–Trinajstić information content (AvgIpc) is 3.09. The number of carbonyl (C=O) groups excluding carboxylic acids is 2. The van der Waals surface area contributed by atoms with E-state index in [0.29, 0.717) is 22.9 Å². The van der Waals surface area contributed by atoms with Gasteiger partial charge in [0.1, 0.15) is 5.01 Å². The number of halogens is 1. The number of hydrogen-bond donors (Lipinski definition) is 3. The van der Waals surface area contributed by atoms with Crippen molar-refractivity contribution in [1.29, 1.82) is 0 Å². The summed E-state index contributed by atoms with van der Waals surface area (Å²) in [5, 5.41) is 8.63. The molecule has 0 aliphatic carbocycles. The van der Waals surface area contributed by atoms with E-state index in [9.17, 15) is 9.59 Å². The van der Waals surface area contributed by atoms with E-state index >= 15 is 0 Å². The van der Waals surface area contributed by atoms with Crippen molar-refractivity contribution in [3.63, 3.8) is 0 Å². The second-order valence-electron chi connectivity index (χ2n) is 5.76. The van der Waals surface area contributed by atoms with Gasteiger partial charge in [-0.1, -0.05) is 41.9 Å². The fourth-order valence-electron chi connectivity index (χ4n) is 2.42. The first-order valence-electron chi connectivity index (χ1n) is 8.12. The summed E-state index contributed by atoms with van der Waals surface area (Å²) in [5.74, 6) is -0.120. The molecule has 2 aromatic carbocycles. The lowest BCUT2D eigenvalue weighted by molar-refractivity contribution is -0.120. The van der Waals surface area contributed by atoms with Crippen molar-refractivity contribution in [2.45, 2.75) is 13.0 Å². The highest BCUT2D eigenvalue weighted by Crippen LogP contribution is 2.30. The molecule has 3 rings (SSSR count). The monoisotopic (exact) mass is 400 g/mol. The number of urea groups is 1. The van der Waals surface area contributed by atoms with E-state index in [2.05, 4.69) is 15.6 Å². The third kappa shape index (κ3) is 5.29. The van der Waals surface area contributed by atoms with Crippen molar-refractivity contribution < 1.29 is 9.59 Å². The summed E-state index contributed by atoms with van der Waals surface area (Å²) in [6, 6.07) is 13.9.